The minimum Gasteiger partial charge on any atom is -0.274 e. The molecule has 1 aliphatic heterocycles. The first-order valence-electron chi connectivity index (χ1n) is 5.87. The molecule has 3 nitrogen and oxygen atoms in total. The van der Waals surface area contributed by atoms with Gasteiger partial charge in [-0.25, -0.2) is 4.90 Å². The fourth-order valence-electron chi connectivity index (χ4n) is 2.20. The number of benzene rings is 2. The molecule has 0 saturated heterocycles. The van der Waals surface area contributed by atoms with Crippen molar-refractivity contribution >= 4 is 33.4 Å². The number of halogens is 1. The van der Waals surface area contributed by atoms with Crippen molar-refractivity contribution < 1.29 is 9.59 Å². The second-order valence-electron chi connectivity index (χ2n) is 4.35. The number of hydrogen-bond acceptors (Lipinski definition) is 2. The first-order valence-corrected chi connectivity index (χ1v) is 6.67. The minimum absolute atomic E-state index is 0.172. The third-order valence-electron chi connectivity index (χ3n) is 3.12. The Bertz CT molecular complexity index is 664. The van der Waals surface area contributed by atoms with Crippen LogP contribution in [-0.2, 0) is 11.2 Å². The van der Waals surface area contributed by atoms with E-state index in [1.807, 2.05) is 18.2 Å². The molecule has 0 N–H and O–H groups in total. The molecule has 0 unspecified atom stereocenters. The van der Waals surface area contributed by atoms with E-state index in [4.69, 9.17) is 0 Å². The van der Waals surface area contributed by atoms with E-state index in [-0.39, 0.29) is 11.8 Å². The van der Waals surface area contributed by atoms with Crippen LogP contribution in [0.25, 0.3) is 0 Å². The lowest BCUT2D eigenvalue weighted by atomic mass is 10.1. The highest BCUT2D eigenvalue weighted by molar-refractivity contribution is 9.10. The Labute approximate surface area is 119 Å². The number of rotatable bonds is 1. The second kappa shape index (κ2) is 4.63. The van der Waals surface area contributed by atoms with E-state index in [2.05, 4.69) is 15.9 Å². The number of imide groups is 1. The standard InChI is InChI=1S/C15H10BrNO2/c16-12-7-5-10(6-8-12)15(19)17-13-4-2-1-3-11(13)9-14(17)18/h1-8H,9H2. The molecule has 0 aliphatic carbocycles. The largest absolute Gasteiger partial charge is 0.274 e. The normalized spacial score (nSPS) is 13.5. The van der Waals surface area contributed by atoms with Crippen LogP contribution in [0, 0.1) is 0 Å². The number of carbonyl (C=O) groups is 2. The van der Waals surface area contributed by atoms with Crippen molar-refractivity contribution in [2.24, 2.45) is 0 Å². The lowest BCUT2D eigenvalue weighted by molar-refractivity contribution is -0.116. The summed E-state index contributed by atoms with van der Waals surface area (Å²) < 4.78 is 0.900. The van der Waals surface area contributed by atoms with Gasteiger partial charge in [0.1, 0.15) is 0 Å². The van der Waals surface area contributed by atoms with Gasteiger partial charge in [0.25, 0.3) is 5.91 Å². The number of hydrogen-bond donors (Lipinski definition) is 0. The second-order valence-corrected chi connectivity index (χ2v) is 5.26. The van der Waals surface area contributed by atoms with Crippen molar-refractivity contribution in [3.63, 3.8) is 0 Å². The van der Waals surface area contributed by atoms with Gasteiger partial charge in [0.2, 0.25) is 5.91 Å². The lowest BCUT2D eigenvalue weighted by Crippen LogP contribution is -2.33. The van der Waals surface area contributed by atoms with E-state index in [1.165, 1.54) is 4.90 Å². The molecule has 94 valence electrons. The van der Waals surface area contributed by atoms with Crippen molar-refractivity contribution in [3.05, 3.63) is 64.1 Å². The van der Waals surface area contributed by atoms with E-state index < -0.39 is 0 Å². The molecule has 19 heavy (non-hydrogen) atoms. The van der Waals surface area contributed by atoms with E-state index in [9.17, 15) is 9.59 Å². The molecule has 0 atom stereocenters. The molecular weight excluding hydrogens is 306 g/mol. The fraction of sp³-hybridized carbons (Fsp3) is 0.0667. The zero-order valence-corrected chi connectivity index (χ0v) is 11.6. The van der Waals surface area contributed by atoms with E-state index in [0.717, 1.165) is 10.0 Å². The van der Waals surface area contributed by atoms with Crippen LogP contribution in [0.5, 0.6) is 0 Å². The van der Waals surface area contributed by atoms with E-state index in [0.29, 0.717) is 17.7 Å². The van der Waals surface area contributed by atoms with Gasteiger partial charge in [0, 0.05) is 10.0 Å². The summed E-state index contributed by atoms with van der Waals surface area (Å²) in [5, 5.41) is 0. The third kappa shape index (κ3) is 2.08. The molecule has 0 radical (unpaired) electrons. The maximum Gasteiger partial charge on any atom is 0.265 e. The molecule has 0 saturated carbocycles. The summed E-state index contributed by atoms with van der Waals surface area (Å²) in [4.78, 5) is 25.7. The van der Waals surface area contributed by atoms with E-state index in [1.54, 1.807) is 30.3 Å². The molecule has 0 aromatic heterocycles. The van der Waals surface area contributed by atoms with Crippen molar-refractivity contribution in [1.82, 2.24) is 0 Å². The first kappa shape index (κ1) is 12.1. The van der Waals surface area contributed by atoms with Crippen LogP contribution in [-0.4, -0.2) is 11.8 Å². The molecule has 1 aliphatic rings. The van der Waals surface area contributed by atoms with Crippen LogP contribution in [0.1, 0.15) is 15.9 Å². The summed E-state index contributed by atoms with van der Waals surface area (Å²) in [6.07, 6.45) is 0.290. The number of para-hydroxylation sites is 1. The van der Waals surface area contributed by atoms with Gasteiger partial charge in [-0.3, -0.25) is 9.59 Å². The topological polar surface area (TPSA) is 37.4 Å². The molecule has 2 aromatic rings. The summed E-state index contributed by atoms with van der Waals surface area (Å²) in [6.45, 7) is 0. The zero-order chi connectivity index (χ0) is 13.4. The highest BCUT2D eigenvalue weighted by Crippen LogP contribution is 2.29. The number of nitrogens with zero attached hydrogens (tertiary/aromatic N) is 1. The quantitative estimate of drug-likeness (QED) is 0.758. The van der Waals surface area contributed by atoms with Crippen molar-refractivity contribution in [1.29, 1.82) is 0 Å². The van der Waals surface area contributed by atoms with Crippen LogP contribution in [0.15, 0.2) is 53.0 Å². The van der Waals surface area contributed by atoms with Crippen molar-refractivity contribution in [2.75, 3.05) is 4.90 Å². The molecule has 2 amide bonds. The van der Waals surface area contributed by atoms with Crippen molar-refractivity contribution in [3.8, 4) is 0 Å². The van der Waals surface area contributed by atoms with Crippen LogP contribution in [0.4, 0.5) is 5.69 Å². The van der Waals surface area contributed by atoms with Crippen LogP contribution >= 0.6 is 15.9 Å². The third-order valence-corrected chi connectivity index (χ3v) is 3.65. The Kier molecular flexibility index (Phi) is 2.95. The van der Waals surface area contributed by atoms with Crippen LogP contribution in [0.3, 0.4) is 0 Å². The Morgan fingerprint density at radius 1 is 1.05 bits per heavy atom. The summed E-state index contributed by atoms with van der Waals surface area (Å²) in [5.74, 6) is -0.448. The van der Waals surface area contributed by atoms with Crippen LogP contribution < -0.4 is 4.90 Å². The van der Waals surface area contributed by atoms with Gasteiger partial charge >= 0.3 is 0 Å². The predicted octanol–water partition coefficient (Wildman–Crippen LogP) is 3.18. The highest BCUT2D eigenvalue weighted by atomic mass is 79.9. The SMILES string of the molecule is O=C1Cc2ccccc2N1C(=O)c1ccc(Br)cc1. The Morgan fingerprint density at radius 2 is 1.74 bits per heavy atom. The fourth-order valence-corrected chi connectivity index (χ4v) is 2.46. The summed E-state index contributed by atoms with van der Waals surface area (Å²) in [7, 11) is 0. The molecule has 1 heterocycles. The van der Waals surface area contributed by atoms with Gasteiger partial charge in [-0.05, 0) is 35.9 Å². The van der Waals surface area contributed by atoms with Gasteiger partial charge in [0.05, 0.1) is 12.1 Å². The maximum atomic E-state index is 12.4. The van der Waals surface area contributed by atoms with Crippen molar-refractivity contribution in [2.45, 2.75) is 6.42 Å². The Balaban J connectivity index is 2.00. The number of carbonyl (C=O) groups excluding carboxylic acids is 2. The minimum atomic E-state index is -0.276. The highest BCUT2D eigenvalue weighted by Gasteiger charge is 2.32. The zero-order valence-electron chi connectivity index (χ0n) is 9.97. The molecule has 4 heteroatoms. The molecular formula is C15H10BrNO2. The smallest absolute Gasteiger partial charge is 0.265 e. The van der Waals surface area contributed by atoms with Gasteiger partial charge in [-0.2, -0.15) is 0 Å². The van der Waals surface area contributed by atoms with Gasteiger partial charge in [0.15, 0.2) is 0 Å². The molecule has 0 fully saturated rings. The first-order chi connectivity index (χ1) is 9.16. The molecule has 2 aromatic carbocycles. The lowest BCUT2D eigenvalue weighted by Gasteiger charge is -2.15. The maximum absolute atomic E-state index is 12.4. The average molecular weight is 316 g/mol. The molecule has 0 bridgehead atoms. The molecule has 0 spiro atoms. The number of amides is 2. The average Bonchev–Trinajstić information content (AvgIpc) is 2.74. The predicted molar refractivity (Wildman–Crippen MR) is 76.1 cm³/mol. The summed E-state index contributed by atoms with van der Waals surface area (Å²) in [6, 6.07) is 14.4. The van der Waals surface area contributed by atoms with Gasteiger partial charge in [-0.15, -0.1) is 0 Å². The summed E-state index contributed by atoms with van der Waals surface area (Å²) >= 11 is 3.32. The Hall–Kier alpha value is -1.94. The van der Waals surface area contributed by atoms with Gasteiger partial charge in [-0.1, -0.05) is 34.1 Å². The Morgan fingerprint density at radius 3 is 2.47 bits per heavy atom. The van der Waals surface area contributed by atoms with Crippen LogP contribution in [0.2, 0.25) is 0 Å². The van der Waals surface area contributed by atoms with E-state index >= 15 is 0 Å². The number of fused-ring (bicyclic) bond motifs is 1. The monoisotopic (exact) mass is 315 g/mol. The van der Waals surface area contributed by atoms with Gasteiger partial charge < -0.3 is 0 Å². The number of anilines is 1. The molecule has 3 rings (SSSR count). The summed E-state index contributed by atoms with van der Waals surface area (Å²) in [5.41, 5.74) is 2.10.